The lowest BCUT2D eigenvalue weighted by Crippen LogP contribution is -2.08. The van der Waals surface area contributed by atoms with Gasteiger partial charge in [-0.3, -0.25) is 4.98 Å². The number of carboxylic acids is 1. The number of anilines is 1. The minimum absolute atomic E-state index is 0.177. The Morgan fingerprint density at radius 3 is 2.86 bits per heavy atom. The quantitative estimate of drug-likeness (QED) is 0.773. The van der Waals surface area contributed by atoms with E-state index in [-0.39, 0.29) is 5.56 Å². The molecular weight excluding hydrogens is 286 g/mol. The van der Waals surface area contributed by atoms with Crippen molar-refractivity contribution in [2.24, 2.45) is 0 Å². The van der Waals surface area contributed by atoms with E-state index in [1.54, 1.807) is 16.8 Å². The number of pyridine rings is 1. The molecule has 0 aliphatic carbocycles. The molecule has 0 saturated carbocycles. The van der Waals surface area contributed by atoms with Gasteiger partial charge in [0.1, 0.15) is 5.56 Å². The number of carbonyl (C=O) groups is 1. The summed E-state index contributed by atoms with van der Waals surface area (Å²) in [5, 5.41) is 13.4. The number of aryl methyl sites for hydroxylation is 1. The van der Waals surface area contributed by atoms with Crippen molar-refractivity contribution in [3.05, 3.63) is 52.1 Å². The summed E-state index contributed by atoms with van der Waals surface area (Å²) in [6.07, 6.45) is 1.40. The minimum Gasteiger partial charge on any atom is -0.478 e. The van der Waals surface area contributed by atoms with Crippen LogP contribution in [0.2, 0.25) is 0 Å². The van der Waals surface area contributed by atoms with E-state index in [9.17, 15) is 9.90 Å². The van der Waals surface area contributed by atoms with Crippen LogP contribution in [0.1, 0.15) is 20.9 Å². The molecule has 0 saturated heterocycles. The average Bonchev–Trinajstić information content (AvgIpc) is 2.89. The fourth-order valence-electron chi connectivity index (χ4n) is 2.16. The third kappa shape index (κ3) is 2.57. The van der Waals surface area contributed by atoms with Crippen molar-refractivity contribution in [1.29, 1.82) is 0 Å². The van der Waals surface area contributed by atoms with Gasteiger partial charge in [0.2, 0.25) is 0 Å². The molecule has 3 aromatic rings. The molecule has 0 atom stereocenters. The van der Waals surface area contributed by atoms with Gasteiger partial charge in [-0.2, -0.15) is 0 Å². The van der Waals surface area contributed by atoms with Crippen LogP contribution in [0.3, 0.4) is 0 Å². The SMILES string of the molecule is Cc1ncsc1CNc1c(C(=O)O)cnc2ccccc12. The van der Waals surface area contributed by atoms with Gasteiger partial charge in [-0.15, -0.1) is 11.3 Å². The monoisotopic (exact) mass is 299 g/mol. The van der Waals surface area contributed by atoms with E-state index < -0.39 is 5.97 Å². The number of nitrogens with zero attached hydrogens (tertiary/aromatic N) is 2. The number of carboxylic acid groups (broad SMARTS) is 1. The second kappa shape index (κ2) is 5.49. The van der Waals surface area contributed by atoms with Crippen molar-refractivity contribution in [2.75, 3.05) is 5.32 Å². The van der Waals surface area contributed by atoms with Gasteiger partial charge in [-0.05, 0) is 13.0 Å². The molecule has 5 nitrogen and oxygen atoms in total. The maximum atomic E-state index is 11.4. The highest BCUT2D eigenvalue weighted by Crippen LogP contribution is 2.27. The van der Waals surface area contributed by atoms with E-state index in [0.717, 1.165) is 21.5 Å². The second-order valence-corrected chi connectivity index (χ2v) is 5.52. The summed E-state index contributed by atoms with van der Waals surface area (Å²) in [6, 6.07) is 7.49. The summed E-state index contributed by atoms with van der Waals surface area (Å²) in [5.41, 5.74) is 4.29. The predicted octanol–water partition coefficient (Wildman–Crippen LogP) is 3.31. The third-order valence-electron chi connectivity index (χ3n) is 3.28. The molecule has 1 aromatic carbocycles. The van der Waals surface area contributed by atoms with Gasteiger partial charge in [0.15, 0.2) is 0 Å². The van der Waals surface area contributed by atoms with Crippen LogP contribution in [0, 0.1) is 6.92 Å². The van der Waals surface area contributed by atoms with Crippen LogP contribution in [-0.4, -0.2) is 21.0 Å². The number of aromatic nitrogens is 2. The molecule has 2 aromatic heterocycles. The van der Waals surface area contributed by atoms with Crippen LogP contribution in [0.5, 0.6) is 0 Å². The lowest BCUT2D eigenvalue weighted by Gasteiger charge is -2.12. The Bertz CT molecular complexity index is 814. The predicted molar refractivity (Wildman–Crippen MR) is 82.9 cm³/mol. The minimum atomic E-state index is -0.989. The number of aromatic carboxylic acids is 1. The Hall–Kier alpha value is -2.47. The molecule has 3 rings (SSSR count). The molecule has 2 N–H and O–H groups in total. The number of benzene rings is 1. The Labute approximate surface area is 125 Å². The van der Waals surface area contributed by atoms with Crippen LogP contribution in [-0.2, 0) is 6.54 Å². The zero-order valence-electron chi connectivity index (χ0n) is 11.3. The average molecular weight is 299 g/mol. The van der Waals surface area contributed by atoms with E-state index in [1.807, 2.05) is 31.2 Å². The molecule has 2 heterocycles. The van der Waals surface area contributed by atoms with E-state index in [2.05, 4.69) is 15.3 Å². The summed E-state index contributed by atoms with van der Waals surface area (Å²) in [7, 11) is 0. The fourth-order valence-corrected chi connectivity index (χ4v) is 2.88. The molecule has 0 bridgehead atoms. The normalized spacial score (nSPS) is 10.7. The molecule has 0 radical (unpaired) electrons. The van der Waals surface area contributed by atoms with Gasteiger partial charge >= 0.3 is 5.97 Å². The number of nitrogens with one attached hydrogen (secondary N) is 1. The standard InChI is InChI=1S/C15H13N3O2S/c1-9-13(21-8-18-9)7-17-14-10-4-2-3-5-12(10)16-6-11(14)15(19)20/h2-6,8H,7H2,1H3,(H,16,17)(H,19,20). The van der Waals surface area contributed by atoms with Crippen LogP contribution < -0.4 is 5.32 Å². The first-order chi connectivity index (χ1) is 10.2. The largest absolute Gasteiger partial charge is 0.478 e. The highest BCUT2D eigenvalue weighted by molar-refractivity contribution is 7.09. The van der Waals surface area contributed by atoms with Crippen LogP contribution >= 0.6 is 11.3 Å². The van der Waals surface area contributed by atoms with Crippen molar-refractivity contribution in [2.45, 2.75) is 13.5 Å². The zero-order valence-corrected chi connectivity index (χ0v) is 12.1. The first-order valence-corrected chi connectivity index (χ1v) is 7.28. The molecule has 0 fully saturated rings. The van der Waals surface area contributed by atoms with Gasteiger partial charge < -0.3 is 10.4 Å². The summed E-state index contributed by atoms with van der Waals surface area (Å²) in [5.74, 6) is -0.989. The van der Waals surface area contributed by atoms with E-state index >= 15 is 0 Å². The molecule has 21 heavy (non-hydrogen) atoms. The Morgan fingerprint density at radius 1 is 1.33 bits per heavy atom. The van der Waals surface area contributed by atoms with Crippen molar-refractivity contribution >= 4 is 33.9 Å². The van der Waals surface area contributed by atoms with Gasteiger partial charge in [-0.1, -0.05) is 18.2 Å². The van der Waals surface area contributed by atoms with E-state index in [1.165, 1.54) is 6.20 Å². The molecule has 0 aliphatic rings. The van der Waals surface area contributed by atoms with Crippen LogP contribution in [0.15, 0.2) is 36.0 Å². The summed E-state index contributed by atoms with van der Waals surface area (Å²) in [4.78, 5) is 20.9. The maximum absolute atomic E-state index is 11.4. The smallest absolute Gasteiger partial charge is 0.339 e. The first-order valence-electron chi connectivity index (χ1n) is 6.40. The number of hydrogen-bond donors (Lipinski definition) is 2. The third-order valence-corrected chi connectivity index (χ3v) is 4.21. The maximum Gasteiger partial charge on any atom is 0.339 e. The first kappa shape index (κ1) is 13.5. The topological polar surface area (TPSA) is 75.1 Å². The molecular formula is C15H13N3O2S. The molecule has 0 aliphatic heterocycles. The van der Waals surface area contributed by atoms with E-state index in [4.69, 9.17) is 0 Å². The van der Waals surface area contributed by atoms with Crippen molar-refractivity contribution in [1.82, 2.24) is 9.97 Å². The highest BCUT2D eigenvalue weighted by Gasteiger charge is 2.14. The second-order valence-electron chi connectivity index (χ2n) is 4.58. The van der Waals surface area contributed by atoms with Gasteiger partial charge in [-0.25, -0.2) is 9.78 Å². The van der Waals surface area contributed by atoms with Crippen LogP contribution in [0.4, 0.5) is 5.69 Å². The lowest BCUT2D eigenvalue weighted by atomic mass is 10.1. The molecule has 0 spiro atoms. The fraction of sp³-hybridized carbons (Fsp3) is 0.133. The molecule has 6 heteroatoms. The summed E-state index contributed by atoms with van der Waals surface area (Å²) >= 11 is 1.55. The lowest BCUT2D eigenvalue weighted by molar-refractivity contribution is 0.0697. The number of para-hydroxylation sites is 1. The van der Waals surface area contributed by atoms with Crippen molar-refractivity contribution in [3.63, 3.8) is 0 Å². The Kier molecular flexibility index (Phi) is 3.53. The van der Waals surface area contributed by atoms with E-state index in [0.29, 0.717) is 12.2 Å². The zero-order chi connectivity index (χ0) is 14.8. The van der Waals surface area contributed by atoms with Gasteiger partial charge in [0.05, 0.1) is 29.0 Å². The number of thiazole rings is 1. The molecule has 0 unspecified atom stereocenters. The van der Waals surface area contributed by atoms with Crippen LogP contribution in [0.25, 0.3) is 10.9 Å². The summed E-state index contributed by atoms with van der Waals surface area (Å²) in [6.45, 7) is 2.49. The molecule has 0 amide bonds. The summed E-state index contributed by atoms with van der Waals surface area (Å²) < 4.78 is 0. The highest BCUT2D eigenvalue weighted by atomic mass is 32.1. The number of rotatable bonds is 4. The number of hydrogen-bond acceptors (Lipinski definition) is 5. The van der Waals surface area contributed by atoms with Crippen molar-refractivity contribution < 1.29 is 9.90 Å². The number of fused-ring (bicyclic) bond motifs is 1. The van der Waals surface area contributed by atoms with Gasteiger partial charge in [0.25, 0.3) is 0 Å². The Morgan fingerprint density at radius 2 is 2.14 bits per heavy atom. The van der Waals surface area contributed by atoms with Crippen molar-refractivity contribution in [3.8, 4) is 0 Å². The van der Waals surface area contributed by atoms with Gasteiger partial charge in [0, 0.05) is 16.5 Å². The Balaban J connectivity index is 2.04. The molecule has 106 valence electrons.